The van der Waals surface area contributed by atoms with Crippen LogP contribution in [0.2, 0.25) is 0 Å². The first-order chi connectivity index (χ1) is 14.4. The molecule has 2 aromatic rings. The largest absolute Gasteiger partial charge is 0.463 e. The highest BCUT2D eigenvalue weighted by atomic mass is 32.2. The van der Waals surface area contributed by atoms with Gasteiger partial charge in [-0.25, -0.2) is 14.6 Å². The van der Waals surface area contributed by atoms with Crippen LogP contribution in [0.3, 0.4) is 0 Å². The van der Waals surface area contributed by atoms with Gasteiger partial charge in [0.2, 0.25) is 11.6 Å². The second-order valence-corrected chi connectivity index (χ2v) is 8.38. The SMILES string of the molecule is COC(=O)c1ccc(CSC2=NC(c3cccs3)=NC3=[N+](C)C(=O)N(C)C(=O)C23)o1. The van der Waals surface area contributed by atoms with Crippen molar-refractivity contribution < 1.29 is 28.1 Å². The molecule has 0 spiro atoms. The zero-order valence-electron chi connectivity index (χ0n) is 16.3. The maximum Gasteiger partial charge on any atom is 0.445 e. The predicted molar refractivity (Wildman–Crippen MR) is 112 cm³/mol. The molecule has 9 nitrogen and oxygen atoms in total. The molecule has 0 saturated heterocycles. The fourth-order valence-electron chi connectivity index (χ4n) is 3.02. The van der Waals surface area contributed by atoms with Crippen molar-refractivity contribution in [3.8, 4) is 0 Å². The number of aliphatic imine (C=N–C) groups is 2. The molecule has 2 aliphatic heterocycles. The third-order valence-electron chi connectivity index (χ3n) is 4.59. The number of fused-ring (bicyclic) bond motifs is 1. The molecule has 0 aromatic carbocycles. The van der Waals surface area contributed by atoms with E-state index in [2.05, 4.69) is 14.7 Å². The molecule has 3 amide bonds. The summed E-state index contributed by atoms with van der Waals surface area (Å²) in [5.74, 6) is 0.0460. The van der Waals surface area contributed by atoms with Crippen molar-refractivity contribution in [2.75, 3.05) is 21.2 Å². The van der Waals surface area contributed by atoms with Gasteiger partial charge in [0.05, 0.1) is 31.8 Å². The van der Waals surface area contributed by atoms with Crippen LogP contribution >= 0.6 is 23.1 Å². The molecule has 4 rings (SSSR count). The van der Waals surface area contributed by atoms with Crippen LogP contribution < -0.4 is 0 Å². The Hall–Kier alpha value is -3.05. The van der Waals surface area contributed by atoms with Crippen LogP contribution in [0, 0.1) is 5.92 Å². The molecule has 0 saturated carbocycles. The summed E-state index contributed by atoms with van der Waals surface area (Å²) in [6, 6.07) is 6.52. The number of ether oxygens (including phenoxy) is 1. The third-order valence-corrected chi connectivity index (χ3v) is 6.51. The molecule has 0 N–H and O–H groups in total. The Morgan fingerprint density at radius 3 is 2.83 bits per heavy atom. The van der Waals surface area contributed by atoms with Crippen molar-refractivity contribution in [3.05, 3.63) is 46.0 Å². The third kappa shape index (κ3) is 3.50. The summed E-state index contributed by atoms with van der Waals surface area (Å²) in [5.41, 5.74) is 0. The van der Waals surface area contributed by atoms with E-state index in [0.29, 0.717) is 28.2 Å². The molecule has 154 valence electrons. The highest BCUT2D eigenvalue weighted by Crippen LogP contribution is 2.29. The maximum absolute atomic E-state index is 12.9. The maximum atomic E-state index is 12.9. The lowest BCUT2D eigenvalue weighted by Gasteiger charge is -2.26. The monoisotopic (exact) mass is 445 g/mol. The van der Waals surface area contributed by atoms with Crippen molar-refractivity contribution in [2.45, 2.75) is 5.75 Å². The van der Waals surface area contributed by atoms with E-state index in [4.69, 9.17) is 4.42 Å². The smallest absolute Gasteiger partial charge is 0.445 e. The van der Waals surface area contributed by atoms with Gasteiger partial charge in [-0.1, -0.05) is 11.1 Å². The Labute approximate surface area is 179 Å². The number of furan rings is 1. The fraction of sp³-hybridized carbons (Fsp3) is 0.263. The van der Waals surface area contributed by atoms with Crippen molar-refractivity contribution in [3.63, 3.8) is 0 Å². The first kappa shape index (κ1) is 20.2. The van der Waals surface area contributed by atoms with Crippen molar-refractivity contribution in [1.82, 2.24) is 4.90 Å². The Kier molecular flexibility index (Phi) is 5.39. The summed E-state index contributed by atoms with van der Waals surface area (Å²) in [6.45, 7) is 0. The van der Waals surface area contributed by atoms with E-state index >= 15 is 0 Å². The molecule has 1 unspecified atom stereocenters. The molecule has 11 heteroatoms. The quantitative estimate of drug-likeness (QED) is 0.529. The first-order valence-electron chi connectivity index (χ1n) is 8.83. The van der Waals surface area contributed by atoms with E-state index in [1.807, 2.05) is 17.5 Å². The minimum absolute atomic E-state index is 0.102. The average Bonchev–Trinajstić information content (AvgIpc) is 3.46. The van der Waals surface area contributed by atoms with Crippen LogP contribution in [0.5, 0.6) is 0 Å². The lowest BCUT2D eigenvalue weighted by atomic mass is 10.0. The van der Waals surface area contributed by atoms with Crippen LogP contribution in [0.1, 0.15) is 21.2 Å². The van der Waals surface area contributed by atoms with Gasteiger partial charge in [0, 0.05) is 0 Å². The summed E-state index contributed by atoms with van der Waals surface area (Å²) >= 11 is 2.77. The molecular formula is C19H17N4O5S2+. The molecule has 0 radical (unpaired) electrons. The van der Waals surface area contributed by atoms with Gasteiger partial charge < -0.3 is 9.15 Å². The van der Waals surface area contributed by atoms with Gasteiger partial charge in [-0.05, 0) is 23.6 Å². The molecule has 0 bridgehead atoms. The van der Waals surface area contributed by atoms with Crippen molar-refractivity contribution in [1.29, 1.82) is 0 Å². The number of hydrogen-bond acceptors (Lipinski definition) is 9. The number of nitrogens with zero attached hydrogens (tertiary/aromatic N) is 4. The molecule has 1 atom stereocenters. The highest BCUT2D eigenvalue weighted by molar-refractivity contribution is 8.13. The number of amides is 3. The lowest BCUT2D eigenvalue weighted by Crippen LogP contribution is -2.54. The van der Waals surface area contributed by atoms with E-state index in [9.17, 15) is 14.4 Å². The van der Waals surface area contributed by atoms with Crippen LogP contribution in [-0.4, -0.2) is 65.3 Å². The number of carbonyl (C=O) groups excluding carboxylic acids is 3. The lowest BCUT2D eigenvalue weighted by molar-refractivity contribution is -0.407. The summed E-state index contributed by atoms with van der Waals surface area (Å²) in [4.78, 5) is 47.9. The summed E-state index contributed by atoms with van der Waals surface area (Å²) in [6.07, 6.45) is 0. The van der Waals surface area contributed by atoms with E-state index in [-0.39, 0.29) is 11.7 Å². The average molecular weight is 446 g/mol. The first-order valence-corrected chi connectivity index (χ1v) is 10.7. The standard InChI is InChI=1S/C19H17N4O5S2/c1-22-15-13(17(24)23(2)19(22)26)16(21-14(20-15)12-5-4-8-29-12)30-9-10-6-7-11(28-10)18(25)27-3/h4-8,13H,9H2,1-3H3/q+1. The van der Waals surface area contributed by atoms with E-state index in [1.165, 1.54) is 47.9 Å². The van der Waals surface area contributed by atoms with Crippen LogP contribution in [-0.2, 0) is 15.3 Å². The number of urea groups is 1. The number of rotatable bonds is 4. The van der Waals surface area contributed by atoms with Gasteiger partial charge in [0.1, 0.15) is 10.8 Å². The van der Waals surface area contributed by atoms with Gasteiger partial charge in [-0.15, -0.1) is 23.1 Å². The fourth-order valence-corrected chi connectivity index (χ4v) is 4.64. The number of imide groups is 1. The predicted octanol–water partition coefficient (Wildman–Crippen LogP) is 2.47. The Balaban J connectivity index is 1.68. The zero-order valence-corrected chi connectivity index (χ0v) is 18.0. The number of methoxy groups -OCH3 is 1. The van der Waals surface area contributed by atoms with Gasteiger partial charge >= 0.3 is 17.9 Å². The second kappa shape index (κ2) is 8.00. The Morgan fingerprint density at radius 2 is 2.13 bits per heavy atom. The summed E-state index contributed by atoms with van der Waals surface area (Å²) in [7, 11) is 4.31. The van der Waals surface area contributed by atoms with Crippen molar-refractivity contribution in [2.24, 2.45) is 15.9 Å². The number of amidine groups is 2. The Bertz CT molecular complexity index is 1130. The second-order valence-electron chi connectivity index (χ2n) is 6.44. The van der Waals surface area contributed by atoms with Crippen LogP contribution in [0.15, 0.2) is 44.0 Å². The number of hydrogen-bond donors (Lipinski definition) is 0. The van der Waals surface area contributed by atoms with E-state index < -0.39 is 17.9 Å². The minimum atomic E-state index is -0.776. The summed E-state index contributed by atoms with van der Waals surface area (Å²) < 4.78 is 11.5. The number of thioether (sulfide) groups is 1. The molecule has 30 heavy (non-hydrogen) atoms. The summed E-state index contributed by atoms with van der Waals surface area (Å²) in [5, 5.41) is 2.42. The number of thiophene rings is 1. The van der Waals surface area contributed by atoms with E-state index in [1.54, 1.807) is 13.1 Å². The molecular weight excluding hydrogens is 428 g/mol. The minimum Gasteiger partial charge on any atom is -0.463 e. The normalized spacial score (nSPS) is 18.9. The number of esters is 1. The molecule has 2 aliphatic rings. The van der Waals surface area contributed by atoms with Crippen LogP contribution in [0.25, 0.3) is 0 Å². The number of carbonyl (C=O) groups is 3. The molecule has 4 heterocycles. The Morgan fingerprint density at radius 1 is 1.33 bits per heavy atom. The molecule has 0 fully saturated rings. The van der Waals surface area contributed by atoms with E-state index in [0.717, 1.165) is 9.78 Å². The van der Waals surface area contributed by atoms with Crippen LogP contribution in [0.4, 0.5) is 4.79 Å². The van der Waals surface area contributed by atoms with Gasteiger partial charge in [0.15, 0.2) is 5.92 Å². The van der Waals surface area contributed by atoms with Gasteiger partial charge in [-0.2, -0.15) is 9.48 Å². The van der Waals surface area contributed by atoms with Gasteiger partial charge in [-0.3, -0.25) is 4.79 Å². The highest BCUT2D eigenvalue weighted by Gasteiger charge is 2.49. The van der Waals surface area contributed by atoms with Crippen molar-refractivity contribution >= 4 is 57.7 Å². The molecule has 0 aliphatic carbocycles. The van der Waals surface area contributed by atoms with Gasteiger partial charge in [0.25, 0.3) is 5.84 Å². The topological polar surface area (TPSA) is 105 Å². The zero-order chi connectivity index (χ0) is 21.4. The molecule has 2 aromatic heterocycles.